The molecule has 3 nitrogen and oxygen atoms in total. The normalized spacial score (nSPS) is 11.3. The standard InChI is InChI=1S/C14H11O3P/c15-18(16)17-14-9-10-5-1-2-6-11(10)12-7-3-4-8-13(12)14/h1-9,15-16H. The predicted octanol–water partition coefficient (Wildman–Crippen LogP) is 3.58. The minimum absolute atomic E-state index is 0.500. The molecule has 0 bridgehead atoms. The first-order chi connectivity index (χ1) is 8.75. The maximum Gasteiger partial charge on any atom is 0.391 e. The third-order valence-corrected chi connectivity index (χ3v) is 3.27. The van der Waals surface area contributed by atoms with E-state index in [-0.39, 0.29) is 0 Å². The molecular formula is C14H11O3P. The minimum atomic E-state index is -2.41. The number of fused-ring (bicyclic) bond motifs is 3. The van der Waals surface area contributed by atoms with Crippen LogP contribution in [-0.2, 0) is 0 Å². The summed E-state index contributed by atoms with van der Waals surface area (Å²) in [4.78, 5) is 18.1. The molecule has 4 heteroatoms. The number of hydrogen-bond donors (Lipinski definition) is 2. The van der Waals surface area contributed by atoms with Gasteiger partial charge in [0.15, 0.2) is 0 Å². The Hall–Kier alpha value is -1.67. The van der Waals surface area contributed by atoms with Crippen molar-refractivity contribution < 1.29 is 14.3 Å². The van der Waals surface area contributed by atoms with Crippen LogP contribution < -0.4 is 4.52 Å². The van der Waals surface area contributed by atoms with Gasteiger partial charge in [-0.2, -0.15) is 0 Å². The van der Waals surface area contributed by atoms with Crippen molar-refractivity contribution in [3.63, 3.8) is 0 Å². The van der Waals surface area contributed by atoms with Crippen molar-refractivity contribution in [2.75, 3.05) is 0 Å². The number of rotatable bonds is 2. The first kappa shape index (κ1) is 11.4. The zero-order chi connectivity index (χ0) is 12.5. The second kappa shape index (κ2) is 4.54. The summed E-state index contributed by atoms with van der Waals surface area (Å²) in [6.07, 6.45) is 0. The Morgan fingerprint density at radius 2 is 1.39 bits per heavy atom. The summed E-state index contributed by atoms with van der Waals surface area (Å²) in [6.45, 7) is 0. The van der Waals surface area contributed by atoms with Crippen molar-refractivity contribution in [3.05, 3.63) is 54.6 Å². The molecule has 0 radical (unpaired) electrons. The summed E-state index contributed by atoms with van der Waals surface area (Å²) in [5, 5.41) is 4.07. The highest BCUT2D eigenvalue weighted by atomic mass is 31.2. The molecule has 2 N–H and O–H groups in total. The van der Waals surface area contributed by atoms with E-state index >= 15 is 0 Å². The average molecular weight is 258 g/mol. The summed E-state index contributed by atoms with van der Waals surface area (Å²) in [5.41, 5.74) is 0. The molecule has 90 valence electrons. The van der Waals surface area contributed by atoms with E-state index in [0.29, 0.717) is 5.75 Å². The lowest BCUT2D eigenvalue weighted by atomic mass is 10.0. The molecule has 0 spiro atoms. The summed E-state index contributed by atoms with van der Waals surface area (Å²) < 4.78 is 5.11. The fourth-order valence-electron chi connectivity index (χ4n) is 2.18. The molecule has 0 fully saturated rings. The first-order valence-electron chi connectivity index (χ1n) is 5.52. The third kappa shape index (κ3) is 1.93. The molecule has 3 aromatic rings. The van der Waals surface area contributed by atoms with Gasteiger partial charge in [-0.1, -0.05) is 48.5 Å². The fourth-order valence-corrected chi connectivity index (χ4v) is 2.51. The second-order valence-electron chi connectivity index (χ2n) is 3.99. The Morgan fingerprint density at radius 1 is 0.778 bits per heavy atom. The monoisotopic (exact) mass is 258 g/mol. The van der Waals surface area contributed by atoms with Gasteiger partial charge < -0.3 is 14.3 Å². The highest BCUT2D eigenvalue weighted by Gasteiger charge is 2.10. The summed E-state index contributed by atoms with van der Waals surface area (Å²) in [6, 6.07) is 17.6. The lowest BCUT2D eigenvalue weighted by molar-refractivity contribution is 0.377. The molecule has 3 aromatic carbocycles. The lowest BCUT2D eigenvalue weighted by Crippen LogP contribution is -1.88. The Balaban J connectivity index is 2.39. The van der Waals surface area contributed by atoms with Crippen molar-refractivity contribution in [3.8, 4) is 5.75 Å². The second-order valence-corrected chi connectivity index (χ2v) is 4.67. The first-order valence-corrected chi connectivity index (χ1v) is 6.68. The molecule has 0 aliphatic carbocycles. The van der Waals surface area contributed by atoms with Gasteiger partial charge in [0.1, 0.15) is 5.75 Å². The lowest BCUT2D eigenvalue weighted by Gasteiger charge is -2.11. The Morgan fingerprint density at radius 3 is 2.11 bits per heavy atom. The molecule has 0 saturated carbocycles. The van der Waals surface area contributed by atoms with Crippen LogP contribution in [0.2, 0.25) is 0 Å². The van der Waals surface area contributed by atoms with Crippen LogP contribution in [0.3, 0.4) is 0 Å². The van der Waals surface area contributed by atoms with E-state index in [9.17, 15) is 0 Å². The van der Waals surface area contributed by atoms with Crippen LogP contribution in [0.1, 0.15) is 0 Å². The van der Waals surface area contributed by atoms with E-state index in [2.05, 4.69) is 0 Å². The molecule has 0 saturated heterocycles. The zero-order valence-corrected chi connectivity index (χ0v) is 10.3. The van der Waals surface area contributed by atoms with E-state index < -0.39 is 8.60 Å². The van der Waals surface area contributed by atoms with Crippen molar-refractivity contribution in [2.24, 2.45) is 0 Å². The van der Waals surface area contributed by atoms with Crippen LogP contribution >= 0.6 is 8.60 Å². The molecule has 0 aromatic heterocycles. The van der Waals surface area contributed by atoms with Gasteiger partial charge in [0.2, 0.25) is 0 Å². The highest BCUT2D eigenvalue weighted by molar-refractivity contribution is 7.39. The topological polar surface area (TPSA) is 49.7 Å². The molecule has 18 heavy (non-hydrogen) atoms. The maximum atomic E-state index is 9.04. The Bertz CT molecular complexity index is 710. The summed E-state index contributed by atoms with van der Waals surface area (Å²) in [5.74, 6) is 0.500. The van der Waals surface area contributed by atoms with Crippen LogP contribution in [0, 0.1) is 0 Å². The van der Waals surface area contributed by atoms with Gasteiger partial charge in [-0.05, 0) is 22.2 Å². The van der Waals surface area contributed by atoms with E-state index in [1.165, 1.54) is 0 Å². The van der Waals surface area contributed by atoms with Crippen LogP contribution in [0.5, 0.6) is 5.75 Å². The van der Waals surface area contributed by atoms with Crippen LogP contribution in [0.25, 0.3) is 21.5 Å². The molecule has 3 rings (SSSR count). The number of hydrogen-bond acceptors (Lipinski definition) is 3. The van der Waals surface area contributed by atoms with Gasteiger partial charge >= 0.3 is 8.60 Å². The largest absolute Gasteiger partial charge is 0.426 e. The van der Waals surface area contributed by atoms with E-state index in [1.807, 2.05) is 54.6 Å². The molecule has 0 heterocycles. The van der Waals surface area contributed by atoms with Gasteiger partial charge in [0.05, 0.1) is 0 Å². The smallest absolute Gasteiger partial charge is 0.391 e. The maximum absolute atomic E-state index is 9.04. The molecule has 0 amide bonds. The third-order valence-electron chi connectivity index (χ3n) is 2.91. The van der Waals surface area contributed by atoms with Gasteiger partial charge in [-0.3, -0.25) is 0 Å². The summed E-state index contributed by atoms with van der Waals surface area (Å²) >= 11 is 0. The van der Waals surface area contributed by atoms with Gasteiger partial charge in [0, 0.05) is 5.39 Å². The van der Waals surface area contributed by atoms with E-state index in [1.54, 1.807) is 0 Å². The van der Waals surface area contributed by atoms with Crippen molar-refractivity contribution >= 4 is 30.1 Å². The molecule has 0 atom stereocenters. The van der Waals surface area contributed by atoms with Gasteiger partial charge in [-0.15, -0.1) is 0 Å². The van der Waals surface area contributed by atoms with Gasteiger partial charge in [-0.25, -0.2) is 0 Å². The number of benzene rings is 3. The highest BCUT2D eigenvalue weighted by Crippen LogP contribution is 2.38. The summed E-state index contributed by atoms with van der Waals surface area (Å²) in [7, 11) is -2.41. The fraction of sp³-hybridized carbons (Fsp3) is 0. The average Bonchev–Trinajstić information content (AvgIpc) is 2.38. The minimum Gasteiger partial charge on any atom is -0.426 e. The molecule has 0 aliphatic heterocycles. The quantitative estimate of drug-likeness (QED) is 0.545. The van der Waals surface area contributed by atoms with E-state index in [4.69, 9.17) is 14.3 Å². The predicted molar refractivity (Wildman–Crippen MR) is 73.4 cm³/mol. The molecule has 0 unspecified atom stereocenters. The molecule has 0 aliphatic rings. The van der Waals surface area contributed by atoms with E-state index in [0.717, 1.165) is 21.5 Å². The Kier molecular flexibility index (Phi) is 2.88. The Labute approximate surface area is 105 Å². The van der Waals surface area contributed by atoms with Gasteiger partial charge in [0.25, 0.3) is 0 Å². The zero-order valence-electron chi connectivity index (χ0n) is 9.45. The van der Waals surface area contributed by atoms with Crippen molar-refractivity contribution in [2.45, 2.75) is 0 Å². The van der Waals surface area contributed by atoms with Crippen LogP contribution in [0.4, 0.5) is 0 Å². The SMILES string of the molecule is OP(O)Oc1cc2ccccc2c2ccccc12. The van der Waals surface area contributed by atoms with Crippen LogP contribution in [0.15, 0.2) is 54.6 Å². The van der Waals surface area contributed by atoms with Crippen LogP contribution in [-0.4, -0.2) is 9.79 Å². The molecular weight excluding hydrogens is 247 g/mol. The van der Waals surface area contributed by atoms with Crippen molar-refractivity contribution in [1.82, 2.24) is 0 Å². The van der Waals surface area contributed by atoms with Crippen molar-refractivity contribution in [1.29, 1.82) is 0 Å².